The van der Waals surface area contributed by atoms with E-state index in [-0.39, 0.29) is 5.57 Å². The van der Waals surface area contributed by atoms with Crippen LogP contribution in [0.2, 0.25) is 10.0 Å². The second kappa shape index (κ2) is 8.43. The first-order chi connectivity index (χ1) is 14.9. The highest BCUT2D eigenvalue weighted by molar-refractivity contribution is 6.35. The average Bonchev–Trinajstić information content (AvgIpc) is 3.27. The van der Waals surface area contributed by atoms with E-state index in [1.54, 1.807) is 31.2 Å². The summed E-state index contributed by atoms with van der Waals surface area (Å²) in [6, 6.07) is 17.1. The van der Waals surface area contributed by atoms with E-state index in [2.05, 4.69) is 5.10 Å². The van der Waals surface area contributed by atoms with Gasteiger partial charge in [0, 0.05) is 44.9 Å². The summed E-state index contributed by atoms with van der Waals surface area (Å²) in [6.45, 7) is 4.12. The summed E-state index contributed by atoms with van der Waals surface area (Å²) in [5.41, 5.74) is 4.07. The highest BCUT2D eigenvalue weighted by Gasteiger charge is 2.17. The monoisotopic (exact) mass is 448 g/mol. The zero-order valence-electron chi connectivity index (χ0n) is 16.9. The molecule has 5 nitrogen and oxygen atoms in total. The van der Waals surface area contributed by atoms with Crippen LogP contribution in [0.4, 0.5) is 0 Å². The standard InChI is InChI=1S/C24H18Cl2N4O/c1-15-9-16(2)30(28-15)24(31)18(12-27)10-19-14-29(23-6-4-3-5-21(19)23)13-17-7-8-20(25)11-22(17)26/h3-11,14H,13H2,1-2H3/b18-10+. The number of rotatable bonds is 4. The second-order valence-electron chi connectivity index (χ2n) is 7.28. The molecule has 4 rings (SSSR count). The molecule has 0 unspecified atom stereocenters. The van der Waals surface area contributed by atoms with Gasteiger partial charge in [-0.25, -0.2) is 4.68 Å². The summed E-state index contributed by atoms with van der Waals surface area (Å²) in [7, 11) is 0. The highest BCUT2D eigenvalue weighted by Crippen LogP contribution is 2.27. The van der Waals surface area contributed by atoms with Gasteiger partial charge in [-0.05, 0) is 49.8 Å². The normalized spacial score (nSPS) is 11.6. The van der Waals surface area contributed by atoms with E-state index in [1.165, 1.54) is 4.68 Å². The molecule has 0 fully saturated rings. The van der Waals surface area contributed by atoms with Gasteiger partial charge in [0.05, 0.1) is 5.69 Å². The maximum Gasteiger partial charge on any atom is 0.289 e. The lowest BCUT2D eigenvalue weighted by molar-refractivity contribution is 0.0944. The minimum atomic E-state index is -0.453. The van der Waals surface area contributed by atoms with Crippen molar-refractivity contribution in [3.8, 4) is 6.07 Å². The van der Waals surface area contributed by atoms with Crippen LogP contribution in [-0.4, -0.2) is 20.3 Å². The molecule has 0 atom stereocenters. The molecular formula is C24H18Cl2N4O. The van der Waals surface area contributed by atoms with E-state index >= 15 is 0 Å². The Balaban J connectivity index is 1.78. The van der Waals surface area contributed by atoms with Crippen LogP contribution in [0.15, 0.2) is 60.3 Å². The summed E-state index contributed by atoms with van der Waals surface area (Å²) in [5.74, 6) is -0.453. The van der Waals surface area contributed by atoms with Crippen LogP contribution in [0.5, 0.6) is 0 Å². The number of allylic oxidation sites excluding steroid dienone is 1. The third-order valence-electron chi connectivity index (χ3n) is 5.03. The van der Waals surface area contributed by atoms with E-state index in [9.17, 15) is 10.1 Å². The molecule has 0 bridgehead atoms. The lowest BCUT2D eigenvalue weighted by atomic mass is 10.1. The van der Waals surface area contributed by atoms with Crippen molar-refractivity contribution < 1.29 is 4.79 Å². The van der Waals surface area contributed by atoms with Gasteiger partial charge in [0.2, 0.25) is 0 Å². The Bertz CT molecular complexity index is 1390. The van der Waals surface area contributed by atoms with E-state index in [4.69, 9.17) is 23.2 Å². The Labute approximate surface area is 189 Å². The number of carbonyl (C=O) groups is 1. The van der Waals surface area contributed by atoms with Crippen molar-refractivity contribution in [3.63, 3.8) is 0 Å². The minimum Gasteiger partial charge on any atom is -0.342 e. The number of aryl methyl sites for hydroxylation is 2. The molecule has 2 heterocycles. The van der Waals surface area contributed by atoms with Crippen molar-refractivity contribution >= 4 is 46.1 Å². The number of para-hydroxylation sites is 1. The fourth-order valence-corrected chi connectivity index (χ4v) is 4.07. The number of carbonyl (C=O) groups excluding carboxylic acids is 1. The largest absolute Gasteiger partial charge is 0.342 e. The van der Waals surface area contributed by atoms with Gasteiger partial charge in [-0.15, -0.1) is 0 Å². The Morgan fingerprint density at radius 3 is 2.61 bits per heavy atom. The number of nitrogens with zero attached hydrogens (tertiary/aromatic N) is 4. The molecule has 2 aromatic heterocycles. The van der Waals surface area contributed by atoms with Gasteiger partial charge in [0.25, 0.3) is 5.91 Å². The zero-order chi connectivity index (χ0) is 22.1. The van der Waals surface area contributed by atoms with Gasteiger partial charge in [0.1, 0.15) is 11.6 Å². The van der Waals surface area contributed by atoms with Crippen molar-refractivity contribution in [2.45, 2.75) is 20.4 Å². The predicted molar refractivity (Wildman–Crippen MR) is 123 cm³/mol. The Kier molecular flexibility index (Phi) is 5.69. The summed E-state index contributed by atoms with van der Waals surface area (Å²) >= 11 is 12.4. The molecule has 0 aliphatic carbocycles. The Hall–Kier alpha value is -3.33. The first kappa shape index (κ1) is 20.9. The lowest BCUT2D eigenvalue weighted by Gasteiger charge is -2.08. The van der Waals surface area contributed by atoms with Crippen LogP contribution >= 0.6 is 23.2 Å². The topological polar surface area (TPSA) is 63.6 Å². The number of hydrogen-bond acceptors (Lipinski definition) is 3. The van der Waals surface area contributed by atoms with Crippen molar-refractivity contribution in [1.29, 1.82) is 5.26 Å². The van der Waals surface area contributed by atoms with Crippen molar-refractivity contribution in [2.75, 3.05) is 0 Å². The first-order valence-electron chi connectivity index (χ1n) is 9.59. The average molecular weight is 449 g/mol. The molecule has 154 valence electrons. The number of aromatic nitrogens is 3. The summed E-state index contributed by atoms with van der Waals surface area (Å²) in [5, 5.41) is 16.0. The van der Waals surface area contributed by atoms with Crippen molar-refractivity contribution in [3.05, 3.63) is 92.9 Å². The number of benzene rings is 2. The molecule has 0 radical (unpaired) electrons. The zero-order valence-corrected chi connectivity index (χ0v) is 18.4. The molecule has 2 aromatic carbocycles. The quantitative estimate of drug-likeness (QED) is 0.281. The molecule has 7 heteroatoms. The lowest BCUT2D eigenvalue weighted by Crippen LogP contribution is -2.15. The maximum atomic E-state index is 12.9. The molecule has 0 saturated heterocycles. The molecule has 0 aliphatic heterocycles. The third kappa shape index (κ3) is 4.13. The molecule has 0 amide bonds. The number of hydrogen-bond donors (Lipinski definition) is 0. The first-order valence-corrected chi connectivity index (χ1v) is 10.3. The van der Waals surface area contributed by atoms with Crippen LogP contribution in [0, 0.1) is 25.2 Å². The molecule has 0 N–H and O–H groups in total. The maximum absolute atomic E-state index is 12.9. The molecule has 4 aromatic rings. The van der Waals surface area contributed by atoms with Crippen LogP contribution < -0.4 is 0 Å². The van der Waals surface area contributed by atoms with Gasteiger partial charge >= 0.3 is 0 Å². The van der Waals surface area contributed by atoms with Crippen molar-refractivity contribution in [2.24, 2.45) is 0 Å². The molecule has 0 saturated carbocycles. The molecule has 31 heavy (non-hydrogen) atoms. The number of halogens is 2. The molecular weight excluding hydrogens is 431 g/mol. The van der Waals surface area contributed by atoms with E-state index in [1.807, 2.05) is 54.1 Å². The minimum absolute atomic E-state index is 0.0126. The predicted octanol–water partition coefficient (Wildman–Crippen LogP) is 6.06. The highest BCUT2D eigenvalue weighted by atomic mass is 35.5. The van der Waals surface area contributed by atoms with E-state index in [0.29, 0.717) is 22.3 Å². The number of fused-ring (bicyclic) bond motifs is 1. The molecule has 0 spiro atoms. The van der Waals surface area contributed by atoms with Crippen LogP contribution in [-0.2, 0) is 6.54 Å². The van der Waals surface area contributed by atoms with Gasteiger partial charge in [0.15, 0.2) is 0 Å². The fourth-order valence-electron chi connectivity index (χ4n) is 3.60. The second-order valence-corrected chi connectivity index (χ2v) is 8.12. The smallest absolute Gasteiger partial charge is 0.289 e. The van der Waals surface area contributed by atoms with Crippen LogP contribution in [0.25, 0.3) is 17.0 Å². The summed E-state index contributed by atoms with van der Waals surface area (Å²) in [6.07, 6.45) is 3.53. The van der Waals surface area contributed by atoms with E-state index in [0.717, 1.165) is 27.7 Å². The van der Waals surface area contributed by atoms with E-state index < -0.39 is 5.91 Å². The fraction of sp³-hybridized carbons (Fsp3) is 0.125. The van der Waals surface area contributed by atoms with Crippen molar-refractivity contribution in [1.82, 2.24) is 14.3 Å². The Morgan fingerprint density at radius 1 is 1.16 bits per heavy atom. The van der Waals surface area contributed by atoms with Gasteiger partial charge in [-0.1, -0.05) is 47.5 Å². The van der Waals surface area contributed by atoms with Crippen LogP contribution in [0.1, 0.15) is 27.3 Å². The number of nitriles is 1. The Morgan fingerprint density at radius 2 is 1.94 bits per heavy atom. The summed E-state index contributed by atoms with van der Waals surface area (Å²) in [4.78, 5) is 12.9. The van der Waals surface area contributed by atoms with Gasteiger partial charge < -0.3 is 4.57 Å². The molecule has 0 aliphatic rings. The van der Waals surface area contributed by atoms with Gasteiger partial charge in [-0.3, -0.25) is 4.79 Å². The van der Waals surface area contributed by atoms with Gasteiger partial charge in [-0.2, -0.15) is 10.4 Å². The SMILES string of the molecule is Cc1cc(C)n(C(=O)/C(C#N)=C/c2cn(Cc3ccc(Cl)cc3Cl)c3ccccc23)n1. The van der Waals surface area contributed by atoms with Crippen LogP contribution in [0.3, 0.4) is 0 Å². The third-order valence-corrected chi connectivity index (χ3v) is 5.61. The summed E-state index contributed by atoms with van der Waals surface area (Å²) < 4.78 is 3.30.